The summed E-state index contributed by atoms with van der Waals surface area (Å²) in [6.45, 7) is 2.66. The van der Waals surface area contributed by atoms with Gasteiger partial charge in [0.15, 0.2) is 5.65 Å². The number of nitrogens with one attached hydrogen (secondary N) is 1. The Kier molecular flexibility index (Phi) is 3.33. The summed E-state index contributed by atoms with van der Waals surface area (Å²) in [5, 5.41) is 6.95. The molecule has 1 N–H and O–H groups in total. The van der Waals surface area contributed by atoms with Crippen molar-refractivity contribution in [1.29, 1.82) is 0 Å². The summed E-state index contributed by atoms with van der Waals surface area (Å²) in [6.07, 6.45) is 2.23. The van der Waals surface area contributed by atoms with Crippen LogP contribution >= 0.6 is 11.6 Å². The Bertz CT molecular complexity index is 640. The zero-order valence-corrected chi connectivity index (χ0v) is 10.2. The molecule has 0 aliphatic carbocycles. The van der Waals surface area contributed by atoms with E-state index in [0.717, 1.165) is 6.42 Å². The van der Waals surface area contributed by atoms with Crippen molar-refractivity contribution in [1.82, 2.24) is 19.3 Å². The highest BCUT2D eigenvalue weighted by Crippen LogP contribution is 2.03. The average Bonchev–Trinajstić information content (AvgIpc) is 2.79. The van der Waals surface area contributed by atoms with Crippen molar-refractivity contribution < 1.29 is 0 Å². The van der Waals surface area contributed by atoms with Gasteiger partial charge >= 0.3 is 5.69 Å². The molecule has 0 fully saturated rings. The summed E-state index contributed by atoms with van der Waals surface area (Å²) < 4.78 is 2.65. The number of aromatic nitrogens is 4. The smallest absolute Gasteiger partial charge is 0.283 e. The van der Waals surface area contributed by atoms with E-state index in [-0.39, 0.29) is 11.2 Å². The van der Waals surface area contributed by atoms with Gasteiger partial charge < -0.3 is 0 Å². The molecule has 2 aromatic rings. The van der Waals surface area contributed by atoms with Gasteiger partial charge in [-0.2, -0.15) is 5.10 Å². The molecule has 0 saturated carbocycles. The third-order valence-electron chi connectivity index (χ3n) is 2.57. The fourth-order valence-corrected chi connectivity index (χ4v) is 1.99. The second-order valence-electron chi connectivity index (χ2n) is 3.70. The van der Waals surface area contributed by atoms with E-state index in [2.05, 4.69) is 10.2 Å². The third-order valence-corrected chi connectivity index (χ3v) is 2.74. The number of fused-ring (bicyclic) bond motifs is 1. The van der Waals surface area contributed by atoms with E-state index in [4.69, 9.17) is 11.6 Å². The van der Waals surface area contributed by atoms with Gasteiger partial charge in [-0.05, 0) is 6.42 Å². The molecule has 0 amide bonds. The van der Waals surface area contributed by atoms with Gasteiger partial charge in [0.05, 0.1) is 0 Å². The lowest BCUT2D eigenvalue weighted by atomic mass is 10.4. The third kappa shape index (κ3) is 1.88. The number of aryl methyl sites for hydroxylation is 1. The van der Waals surface area contributed by atoms with Crippen LogP contribution in [0.1, 0.15) is 13.3 Å². The molecule has 0 saturated heterocycles. The van der Waals surface area contributed by atoms with Gasteiger partial charge in [0.25, 0.3) is 5.56 Å². The van der Waals surface area contributed by atoms with Gasteiger partial charge in [-0.25, -0.2) is 4.79 Å². The van der Waals surface area contributed by atoms with E-state index in [0.29, 0.717) is 30.0 Å². The molecule has 0 spiro atoms. The minimum atomic E-state index is -0.350. The van der Waals surface area contributed by atoms with Crippen LogP contribution in [0.4, 0.5) is 0 Å². The summed E-state index contributed by atoms with van der Waals surface area (Å²) in [5.74, 6) is 0.298. The molecule has 0 aliphatic rings. The van der Waals surface area contributed by atoms with Crippen LogP contribution in [0.15, 0.2) is 15.8 Å². The van der Waals surface area contributed by atoms with Crippen molar-refractivity contribution in [3.8, 4) is 0 Å². The number of nitrogens with zero attached hydrogens (tertiary/aromatic N) is 3. The molecule has 2 rings (SSSR count). The number of hydrogen-bond acceptors (Lipinski definition) is 3. The lowest BCUT2D eigenvalue weighted by Crippen LogP contribution is -2.40. The summed E-state index contributed by atoms with van der Waals surface area (Å²) in [6, 6.07) is 0. The number of alkyl halides is 1. The molecular weight excluding hydrogens is 244 g/mol. The highest BCUT2D eigenvalue weighted by atomic mass is 35.5. The first-order chi connectivity index (χ1) is 8.20. The second-order valence-corrected chi connectivity index (χ2v) is 4.08. The monoisotopic (exact) mass is 256 g/mol. The standard InChI is InChI=1S/C10H13ClN4O2/c1-2-4-15-9(16)7-6-12-13-8(7)14(5-3-11)10(15)17/h6H,2-5H2,1H3,(H,12,13). The minimum absolute atomic E-state index is 0.298. The molecule has 7 heteroatoms. The zero-order chi connectivity index (χ0) is 12.4. The van der Waals surface area contributed by atoms with Crippen LogP contribution in [0.25, 0.3) is 11.0 Å². The number of aromatic amines is 1. The Morgan fingerprint density at radius 1 is 1.35 bits per heavy atom. The summed E-state index contributed by atoms with van der Waals surface area (Å²) in [5.41, 5.74) is -0.281. The molecular formula is C10H13ClN4O2. The van der Waals surface area contributed by atoms with Crippen molar-refractivity contribution in [3.05, 3.63) is 27.0 Å². The maximum absolute atomic E-state index is 12.1. The van der Waals surface area contributed by atoms with E-state index in [1.54, 1.807) is 0 Å². The van der Waals surface area contributed by atoms with E-state index < -0.39 is 0 Å². The molecule has 0 atom stereocenters. The van der Waals surface area contributed by atoms with Gasteiger partial charge in [0.2, 0.25) is 0 Å². The molecule has 0 unspecified atom stereocenters. The summed E-state index contributed by atoms with van der Waals surface area (Å²) in [7, 11) is 0. The lowest BCUT2D eigenvalue weighted by molar-refractivity contribution is 0.574. The fourth-order valence-electron chi connectivity index (χ4n) is 1.82. The van der Waals surface area contributed by atoms with Crippen molar-refractivity contribution in [2.75, 3.05) is 5.88 Å². The zero-order valence-electron chi connectivity index (χ0n) is 9.44. The predicted octanol–water partition coefficient (Wildman–Crippen LogP) is 0.535. The van der Waals surface area contributed by atoms with Crippen LogP contribution in [0.2, 0.25) is 0 Å². The van der Waals surface area contributed by atoms with Crippen molar-refractivity contribution in [2.24, 2.45) is 0 Å². The lowest BCUT2D eigenvalue weighted by Gasteiger charge is -2.08. The summed E-state index contributed by atoms with van der Waals surface area (Å²) in [4.78, 5) is 24.1. The van der Waals surface area contributed by atoms with Crippen molar-refractivity contribution >= 4 is 22.6 Å². The molecule has 0 radical (unpaired) electrons. The van der Waals surface area contributed by atoms with E-state index in [9.17, 15) is 9.59 Å². The van der Waals surface area contributed by atoms with Gasteiger partial charge in [0, 0.05) is 25.2 Å². The number of H-pyrrole nitrogens is 1. The highest BCUT2D eigenvalue weighted by Gasteiger charge is 2.13. The number of rotatable bonds is 4. The Labute approximate surface area is 102 Å². The Morgan fingerprint density at radius 3 is 2.76 bits per heavy atom. The first-order valence-electron chi connectivity index (χ1n) is 5.43. The molecule has 0 bridgehead atoms. The van der Waals surface area contributed by atoms with Crippen LogP contribution in [0.5, 0.6) is 0 Å². The van der Waals surface area contributed by atoms with Gasteiger partial charge in [-0.1, -0.05) is 6.92 Å². The Morgan fingerprint density at radius 2 is 2.12 bits per heavy atom. The number of halogens is 1. The molecule has 92 valence electrons. The van der Waals surface area contributed by atoms with E-state index in [1.165, 1.54) is 15.3 Å². The Hall–Kier alpha value is -1.56. The highest BCUT2D eigenvalue weighted by molar-refractivity contribution is 6.17. The second kappa shape index (κ2) is 4.75. The van der Waals surface area contributed by atoms with Gasteiger partial charge in [-0.15, -0.1) is 11.6 Å². The van der Waals surface area contributed by atoms with Crippen LogP contribution < -0.4 is 11.2 Å². The molecule has 0 aliphatic heterocycles. The Balaban J connectivity index is 2.82. The minimum Gasteiger partial charge on any atom is -0.283 e. The fraction of sp³-hybridized carbons (Fsp3) is 0.500. The average molecular weight is 257 g/mol. The first kappa shape index (κ1) is 11.9. The molecule has 0 aromatic carbocycles. The molecule has 2 aromatic heterocycles. The van der Waals surface area contributed by atoms with Gasteiger partial charge in [0.1, 0.15) is 5.39 Å². The molecule has 6 nitrogen and oxygen atoms in total. The molecule has 17 heavy (non-hydrogen) atoms. The van der Waals surface area contributed by atoms with Crippen molar-refractivity contribution in [2.45, 2.75) is 26.4 Å². The first-order valence-corrected chi connectivity index (χ1v) is 5.97. The summed E-state index contributed by atoms with van der Waals surface area (Å²) >= 11 is 5.66. The molecule has 2 heterocycles. The maximum atomic E-state index is 12.1. The van der Waals surface area contributed by atoms with E-state index >= 15 is 0 Å². The number of hydrogen-bond donors (Lipinski definition) is 1. The van der Waals surface area contributed by atoms with Crippen LogP contribution in [-0.2, 0) is 13.1 Å². The normalized spacial score (nSPS) is 11.2. The SMILES string of the molecule is CCCn1c(=O)c2c[nH]nc2n(CCCl)c1=O. The quantitative estimate of drug-likeness (QED) is 0.812. The van der Waals surface area contributed by atoms with Crippen LogP contribution in [-0.4, -0.2) is 25.2 Å². The predicted molar refractivity (Wildman–Crippen MR) is 65.6 cm³/mol. The van der Waals surface area contributed by atoms with Crippen LogP contribution in [0, 0.1) is 0 Å². The maximum Gasteiger partial charge on any atom is 0.332 e. The van der Waals surface area contributed by atoms with E-state index in [1.807, 2.05) is 6.92 Å². The van der Waals surface area contributed by atoms with Gasteiger partial charge in [-0.3, -0.25) is 19.0 Å². The largest absolute Gasteiger partial charge is 0.332 e. The van der Waals surface area contributed by atoms with Crippen molar-refractivity contribution in [3.63, 3.8) is 0 Å². The topological polar surface area (TPSA) is 72.7 Å². The van der Waals surface area contributed by atoms with Crippen LogP contribution in [0.3, 0.4) is 0 Å².